The van der Waals surface area contributed by atoms with E-state index in [2.05, 4.69) is 4.74 Å². The highest BCUT2D eigenvalue weighted by molar-refractivity contribution is 6.10. The minimum absolute atomic E-state index is 0.141. The van der Waals surface area contributed by atoms with E-state index < -0.39 is 5.97 Å². The van der Waals surface area contributed by atoms with Crippen molar-refractivity contribution in [3.05, 3.63) is 0 Å². The average molecular weight is 140 g/mol. The van der Waals surface area contributed by atoms with Gasteiger partial charge in [-0.1, -0.05) is 6.32 Å². The van der Waals surface area contributed by atoms with Gasteiger partial charge in [-0.25, -0.2) is 0 Å². The fraction of sp³-hybridized carbons (Fsp3) is 0.667. The van der Waals surface area contributed by atoms with Crippen LogP contribution >= 0.6 is 0 Å². The number of ether oxygens (including phenoxy) is 1. The summed E-state index contributed by atoms with van der Waals surface area (Å²) in [5.74, 6) is -0.580. The first-order valence-electron chi connectivity index (χ1n) is 3.02. The van der Waals surface area contributed by atoms with Gasteiger partial charge >= 0.3 is 5.97 Å². The maximum atomic E-state index is 10.6. The molecule has 10 heavy (non-hydrogen) atoms. The highest BCUT2D eigenvalue weighted by Gasteiger charge is 2.00. The SMILES string of the molecule is [B]CCC(=O)COC(C)=O. The topological polar surface area (TPSA) is 43.4 Å². The fourth-order valence-corrected chi connectivity index (χ4v) is 0.415. The molecule has 0 aliphatic heterocycles. The molecule has 54 valence electrons. The van der Waals surface area contributed by atoms with Gasteiger partial charge in [-0.3, -0.25) is 9.59 Å². The highest BCUT2D eigenvalue weighted by atomic mass is 16.5. The molecule has 0 aromatic carbocycles. The Morgan fingerprint density at radius 3 is 2.50 bits per heavy atom. The van der Waals surface area contributed by atoms with Crippen LogP contribution in [0, 0.1) is 0 Å². The van der Waals surface area contributed by atoms with Gasteiger partial charge in [0.15, 0.2) is 5.78 Å². The lowest BCUT2D eigenvalue weighted by Crippen LogP contribution is -2.10. The second kappa shape index (κ2) is 5.03. The lowest BCUT2D eigenvalue weighted by atomic mass is 10.0. The smallest absolute Gasteiger partial charge is 0.303 e. The van der Waals surface area contributed by atoms with Crippen LogP contribution in [0.2, 0.25) is 6.32 Å². The van der Waals surface area contributed by atoms with Crippen molar-refractivity contribution in [1.82, 2.24) is 0 Å². The van der Waals surface area contributed by atoms with Crippen molar-refractivity contribution in [3.63, 3.8) is 0 Å². The van der Waals surface area contributed by atoms with Gasteiger partial charge in [0.2, 0.25) is 0 Å². The summed E-state index contributed by atoms with van der Waals surface area (Å²) < 4.78 is 4.41. The Balaban J connectivity index is 3.30. The third-order valence-electron chi connectivity index (χ3n) is 0.860. The number of esters is 1. The summed E-state index contributed by atoms with van der Waals surface area (Å²) in [5, 5.41) is 0. The van der Waals surface area contributed by atoms with Crippen LogP contribution in [0.5, 0.6) is 0 Å². The minimum atomic E-state index is -0.439. The Bertz CT molecular complexity index is 133. The molecule has 2 radical (unpaired) electrons. The standard InChI is InChI=1S/C6H9BO3/c1-5(8)10-4-6(9)2-3-7/h2-4H2,1H3. The zero-order valence-electron chi connectivity index (χ0n) is 5.92. The van der Waals surface area contributed by atoms with Crippen LogP contribution in [0.25, 0.3) is 0 Å². The molecule has 0 rings (SSSR count). The van der Waals surface area contributed by atoms with Crippen LogP contribution in [0.15, 0.2) is 0 Å². The van der Waals surface area contributed by atoms with Crippen LogP contribution in [-0.4, -0.2) is 26.2 Å². The summed E-state index contributed by atoms with van der Waals surface area (Å²) in [5.41, 5.74) is 0. The van der Waals surface area contributed by atoms with Crippen LogP contribution in [-0.2, 0) is 14.3 Å². The largest absolute Gasteiger partial charge is 0.458 e. The van der Waals surface area contributed by atoms with E-state index in [1.807, 2.05) is 0 Å². The van der Waals surface area contributed by atoms with Crippen molar-refractivity contribution in [2.24, 2.45) is 0 Å². The minimum Gasteiger partial charge on any atom is -0.458 e. The molecule has 0 spiro atoms. The van der Waals surface area contributed by atoms with Gasteiger partial charge in [0.05, 0.1) is 7.85 Å². The third kappa shape index (κ3) is 5.34. The zero-order valence-corrected chi connectivity index (χ0v) is 5.92. The van der Waals surface area contributed by atoms with E-state index in [4.69, 9.17) is 7.85 Å². The van der Waals surface area contributed by atoms with E-state index in [0.717, 1.165) is 0 Å². The van der Waals surface area contributed by atoms with Crippen LogP contribution in [0.4, 0.5) is 0 Å². The predicted molar refractivity (Wildman–Crippen MR) is 36.8 cm³/mol. The van der Waals surface area contributed by atoms with Gasteiger partial charge in [0, 0.05) is 13.3 Å². The quantitative estimate of drug-likeness (QED) is 0.410. The van der Waals surface area contributed by atoms with Gasteiger partial charge in [0.1, 0.15) is 6.61 Å². The maximum Gasteiger partial charge on any atom is 0.303 e. The molecule has 0 atom stereocenters. The van der Waals surface area contributed by atoms with Crippen LogP contribution in [0.3, 0.4) is 0 Å². The van der Waals surface area contributed by atoms with Crippen molar-refractivity contribution in [1.29, 1.82) is 0 Å². The molecule has 0 aliphatic carbocycles. The van der Waals surface area contributed by atoms with Crippen molar-refractivity contribution >= 4 is 19.6 Å². The Labute approximate surface area is 61.2 Å². The Morgan fingerprint density at radius 1 is 1.50 bits per heavy atom. The first kappa shape index (κ1) is 9.20. The molecule has 0 saturated heterocycles. The lowest BCUT2D eigenvalue weighted by molar-refractivity contribution is -0.145. The zero-order chi connectivity index (χ0) is 7.98. The molecule has 3 nitrogen and oxygen atoms in total. The predicted octanol–water partition coefficient (Wildman–Crippen LogP) is 0.0955. The molecule has 0 fully saturated rings. The van der Waals surface area contributed by atoms with Crippen molar-refractivity contribution in [3.8, 4) is 0 Å². The number of rotatable bonds is 4. The van der Waals surface area contributed by atoms with Gasteiger partial charge in [0.25, 0.3) is 0 Å². The van der Waals surface area contributed by atoms with Crippen molar-refractivity contribution < 1.29 is 14.3 Å². The third-order valence-corrected chi connectivity index (χ3v) is 0.860. The summed E-state index contributed by atoms with van der Waals surface area (Å²) in [7, 11) is 5.07. The summed E-state index contributed by atoms with van der Waals surface area (Å²) in [6.45, 7) is 1.11. The van der Waals surface area contributed by atoms with E-state index in [1.165, 1.54) is 6.92 Å². The molecule has 0 heterocycles. The molecule has 0 aromatic rings. The second-order valence-corrected chi connectivity index (χ2v) is 1.86. The lowest BCUT2D eigenvalue weighted by Gasteiger charge is -1.98. The average Bonchev–Trinajstić information content (AvgIpc) is 1.85. The molecule has 0 aromatic heterocycles. The molecule has 0 N–H and O–H groups in total. The number of ketones is 1. The number of hydrogen-bond donors (Lipinski definition) is 0. The maximum absolute atomic E-state index is 10.6. The highest BCUT2D eigenvalue weighted by Crippen LogP contribution is 1.88. The molecular weight excluding hydrogens is 131 g/mol. The summed E-state index contributed by atoms with van der Waals surface area (Å²) >= 11 is 0. The first-order valence-corrected chi connectivity index (χ1v) is 3.02. The van der Waals surface area contributed by atoms with E-state index in [1.54, 1.807) is 0 Å². The molecule has 0 saturated carbocycles. The Kier molecular flexibility index (Phi) is 4.63. The van der Waals surface area contributed by atoms with Crippen LogP contribution < -0.4 is 0 Å². The molecule has 0 amide bonds. The Hall–Kier alpha value is -0.795. The second-order valence-electron chi connectivity index (χ2n) is 1.86. The molecule has 0 unspecified atom stereocenters. The van der Waals surface area contributed by atoms with E-state index in [9.17, 15) is 9.59 Å². The Morgan fingerprint density at radius 2 is 2.10 bits per heavy atom. The monoisotopic (exact) mass is 140 g/mol. The fourth-order valence-electron chi connectivity index (χ4n) is 0.415. The summed E-state index contributed by atoms with van der Waals surface area (Å²) in [6, 6.07) is 0. The van der Waals surface area contributed by atoms with E-state index >= 15 is 0 Å². The van der Waals surface area contributed by atoms with Gasteiger partial charge in [-0.15, -0.1) is 0 Å². The van der Waals surface area contributed by atoms with Gasteiger partial charge in [-0.05, 0) is 0 Å². The summed E-state index contributed by atoms with van der Waals surface area (Å²) in [4.78, 5) is 20.7. The number of carbonyl (C=O) groups is 2. The normalized spacial score (nSPS) is 8.90. The molecule has 4 heteroatoms. The first-order chi connectivity index (χ1) is 4.66. The molecule has 0 bridgehead atoms. The van der Waals surface area contributed by atoms with Crippen molar-refractivity contribution in [2.45, 2.75) is 19.7 Å². The number of hydrogen-bond acceptors (Lipinski definition) is 3. The van der Waals surface area contributed by atoms with Gasteiger partial charge in [-0.2, -0.15) is 0 Å². The summed E-state index contributed by atoms with van der Waals surface area (Å²) in [6.07, 6.45) is 0.577. The van der Waals surface area contributed by atoms with E-state index in [-0.39, 0.29) is 18.8 Å². The molecular formula is C6H9BO3. The number of carbonyl (C=O) groups excluding carboxylic acids is 2. The van der Waals surface area contributed by atoms with Crippen LogP contribution in [0.1, 0.15) is 13.3 Å². The van der Waals surface area contributed by atoms with Crippen molar-refractivity contribution in [2.75, 3.05) is 6.61 Å². The number of Topliss-reactive ketones (excluding diaryl/α,β-unsaturated/α-hetero) is 1. The van der Waals surface area contributed by atoms with E-state index in [0.29, 0.717) is 6.32 Å². The van der Waals surface area contributed by atoms with Gasteiger partial charge < -0.3 is 4.74 Å². The molecule has 0 aliphatic rings.